The van der Waals surface area contributed by atoms with E-state index in [-0.39, 0.29) is 11.8 Å². The highest BCUT2D eigenvalue weighted by molar-refractivity contribution is 6.31. The molecule has 1 aliphatic heterocycles. The van der Waals surface area contributed by atoms with Gasteiger partial charge in [-0.3, -0.25) is 9.78 Å². The van der Waals surface area contributed by atoms with E-state index in [0.29, 0.717) is 17.1 Å². The lowest BCUT2D eigenvalue weighted by Gasteiger charge is -2.34. The first-order chi connectivity index (χ1) is 13.7. The zero-order chi connectivity index (χ0) is 19.5. The minimum atomic E-state index is -0.150. The Labute approximate surface area is 168 Å². The van der Waals surface area contributed by atoms with Crippen LogP contribution in [0.1, 0.15) is 18.4 Å². The maximum Gasteiger partial charge on any atom is 0.229 e. The highest BCUT2D eigenvalue weighted by atomic mass is 35.5. The highest BCUT2D eigenvalue weighted by Gasteiger charge is 2.28. The van der Waals surface area contributed by atoms with Crippen molar-refractivity contribution in [3.8, 4) is 6.07 Å². The summed E-state index contributed by atoms with van der Waals surface area (Å²) in [5, 5.41) is 14.1. The van der Waals surface area contributed by atoms with Gasteiger partial charge in [-0.15, -0.1) is 0 Å². The molecule has 4 rings (SSSR count). The number of carbonyl (C=O) groups excluding carboxylic acids is 1. The van der Waals surface area contributed by atoms with Crippen LogP contribution in [0.15, 0.2) is 54.7 Å². The molecule has 5 nitrogen and oxygen atoms in total. The van der Waals surface area contributed by atoms with E-state index in [2.05, 4.69) is 21.3 Å². The van der Waals surface area contributed by atoms with Gasteiger partial charge >= 0.3 is 0 Å². The highest BCUT2D eigenvalue weighted by Crippen LogP contribution is 2.34. The van der Waals surface area contributed by atoms with E-state index in [0.717, 1.165) is 41.7 Å². The monoisotopic (exact) mass is 390 g/mol. The molecule has 1 unspecified atom stereocenters. The number of nitriles is 1. The standard InChI is InChI=1S/C22H19ClN4O/c23-17-8-9-20-19(11-17)21(16(12-24)13-25-20)27-10-4-5-15(14-27)22(28)26-18-6-2-1-3-7-18/h1-3,6-9,11,13,15H,4-5,10,14H2,(H,26,28). The van der Waals surface area contributed by atoms with Crippen LogP contribution in [0.3, 0.4) is 0 Å². The van der Waals surface area contributed by atoms with E-state index < -0.39 is 0 Å². The van der Waals surface area contributed by atoms with Crippen molar-refractivity contribution < 1.29 is 4.79 Å². The van der Waals surface area contributed by atoms with E-state index in [4.69, 9.17) is 11.6 Å². The minimum absolute atomic E-state index is 0.00537. The van der Waals surface area contributed by atoms with E-state index in [1.807, 2.05) is 42.5 Å². The summed E-state index contributed by atoms with van der Waals surface area (Å²) in [6, 6.07) is 17.2. The van der Waals surface area contributed by atoms with Crippen molar-refractivity contribution in [2.45, 2.75) is 12.8 Å². The Kier molecular flexibility index (Phi) is 5.14. The van der Waals surface area contributed by atoms with E-state index >= 15 is 0 Å². The summed E-state index contributed by atoms with van der Waals surface area (Å²) in [6.45, 7) is 1.34. The Hall–Kier alpha value is -3.10. The number of aromatic nitrogens is 1. The van der Waals surface area contributed by atoms with Gasteiger partial charge in [0.2, 0.25) is 5.91 Å². The number of benzene rings is 2. The maximum absolute atomic E-state index is 12.8. The predicted molar refractivity (Wildman–Crippen MR) is 111 cm³/mol. The second kappa shape index (κ2) is 7.87. The van der Waals surface area contributed by atoms with Gasteiger partial charge in [0.15, 0.2) is 0 Å². The van der Waals surface area contributed by atoms with Crippen LogP contribution in [0.2, 0.25) is 5.02 Å². The number of carbonyl (C=O) groups is 1. The summed E-state index contributed by atoms with van der Waals surface area (Å²) < 4.78 is 0. The number of nitrogens with one attached hydrogen (secondary N) is 1. The summed E-state index contributed by atoms with van der Waals surface area (Å²) in [5.41, 5.74) is 2.89. The number of halogens is 1. The number of nitrogens with zero attached hydrogens (tertiary/aromatic N) is 3. The third-order valence-corrected chi connectivity index (χ3v) is 5.31. The Balaban J connectivity index is 1.64. The quantitative estimate of drug-likeness (QED) is 0.708. The lowest BCUT2D eigenvalue weighted by atomic mass is 9.95. The van der Waals surface area contributed by atoms with Gasteiger partial charge in [-0.05, 0) is 43.2 Å². The van der Waals surface area contributed by atoms with Gasteiger partial charge in [0, 0.05) is 35.4 Å². The number of fused-ring (bicyclic) bond motifs is 1. The number of pyridine rings is 1. The number of piperidine rings is 1. The van der Waals surface area contributed by atoms with Crippen LogP contribution in [0, 0.1) is 17.2 Å². The summed E-state index contributed by atoms with van der Waals surface area (Å²) in [5.74, 6) is -0.145. The Morgan fingerprint density at radius 2 is 2.07 bits per heavy atom. The number of hydrogen-bond donors (Lipinski definition) is 1. The minimum Gasteiger partial charge on any atom is -0.369 e. The van der Waals surface area contributed by atoms with Crippen LogP contribution in [0.4, 0.5) is 11.4 Å². The Morgan fingerprint density at radius 3 is 2.86 bits per heavy atom. The summed E-state index contributed by atoms with van der Waals surface area (Å²) in [6.07, 6.45) is 3.29. The molecule has 1 N–H and O–H groups in total. The topological polar surface area (TPSA) is 69.0 Å². The molecule has 28 heavy (non-hydrogen) atoms. The third-order valence-electron chi connectivity index (χ3n) is 5.07. The smallest absolute Gasteiger partial charge is 0.229 e. The normalized spacial score (nSPS) is 16.6. The molecular weight excluding hydrogens is 372 g/mol. The number of amides is 1. The first kappa shape index (κ1) is 18.3. The molecule has 3 aromatic rings. The molecule has 1 fully saturated rings. The zero-order valence-electron chi connectivity index (χ0n) is 15.2. The first-order valence-electron chi connectivity index (χ1n) is 9.25. The van der Waals surface area contributed by atoms with Crippen LogP contribution in [-0.2, 0) is 4.79 Å². The van der Waals surface area contributed by atoms with Crippen molar-refractivity contribution in [3.63, 3.8) is 0 Å². The molecule has 1 atom stereocenters. The van der Waals surface area contributed by atoms with Gasteiger partial charge in [0.25, 0.3) is 0 Å². The SMILES string of the molecule is N#Cc1cnc2ccc(Cl)cc2c1N1CCCC(C(=O)Nc2ccccc2)C1. The molecule has 140 valence electrons. The lowest BCUT2D eigenvalue weighted by Crippen LogP contribution is -2.41. The van der Waals surface area contributed by atoms with E-state index in [1.54, 1.807) is 12.3 Å². The Bertz CT molecular complexity index is 1060. The zero-order valence-corrected chi connectivity index (χ0v) is 16.0. The average molecular weight is 391 g/mol. The molecule has 0 bridgehead atoms. The number of anilines is 2. The van der Waals surface area contributed by atoms with E-state index in [1.165, 1.54) is 0 Å². The summed E-state index contributed by atoms with van der Waals surface area (Å²) >= 11 is 6.20. The maximum atomic E-state index is 12.8. The van der Waals surface area contributed by atoms with Crippen molar-refractivity contribution in [2.24, 2.45) is 5.92 Å². The summed E-state index contributed by atoms with van der Waals surface area (Å²) in [4.78, 5) is 19.3. The fraction of sp³-hybridized carbons (Fsp3) is 0.227. The fourth-order valence-corrected chi connectivity index (χ4v) is 3.91. The predicted octanol–water partition coefficient (Wildman–Crippen LogP) is 4.61. The molecule has 2 aromatic carbocycles. The van der Waals surface area contributed by atoms with Crippen LogP contribution in [0.5, 0.6) is 0 Å². The fourth-order valence-electron chi connectivity index (χ4n) is 3.73. The van der Waals surface area contributed by atoms with Crippen molar-refractivity contribution in [3.05, 3.63) is 65.3 Å². The van der Waals surface area contributed by atoms with Crippen molar-refractivity contribution in [1.29, 1.82) is 5.26 Å². The Morgan fingerprint density at radius 1 is 1.25 bits per heavy atom. The van der Waals surface area contributed by atoms with Crippen molar-refractivity contribution in [1.82, 2.24) is 4.98 Å². The van der Waals surface area contributed by atoms with Crippen molar-refractivity contribution in [2.75, 3.05) is 23.3 Å². The molecule has 0 saturated carbocycles. The molecular formula is C22H19ClN4O. The van der Waals surface area contributed by atoms with Crippen LogP contribution >= 0.6 is 11.6 Å². The van der Waals surface area contributed by atoms with E-state index in [9.17, 15) is 10.1 Å². The number of hydrogen-bond acceptors (Lipinski definition) is 4. The van der Waals surface area contributed by atoms with Crippen LogP contribution < -0.4 is 10.2 Å². The number of rotatable bonds is 3. The summed E-state index contributed by atoms with van der Waals surface area (Å²) in [7, 11) is 0. The third kappa shape index (κ3) is 3.64. The lowest BCUT2D eigenvalue weighted by molar-refractivity contribution is -0.120. The molecule has 1 amide bonds. The largest absolute Gasteiger partial charge is 0.369 e. The van der Waals surface area contributed by atoms with Crippen LogP contribution in [-0.4, -0.2) is 24.0 Å². The molecule has 1 aliphatic rings. The second-order valence-electron chi connectivity index (χ2n) is 6.93. The number of para-hydroxylation sites is 1. The van der Waals surface area contributed by atoms with Gasteiger partial charge in [-0.2, -0.15) is 5.26 Å². The van der Waals surface area contributed by atoms with Gasteiger partial charge in [0.05, 0.1) is 22.7 Å². The molecule has 6 heteroatoms. The molecule has 2 heterocycles. The van der Waals surface area contributed by atoms with Gasteiger partial charge < -0.3 is 10.2 Å². The van der Waals surface area contributed by atoms with Gasteiger partial charge in [-0.25, -0.2) is 0 Å². The van der Waals surface area contributed by atoms with Crippen LogP contribution in [0.25, 0.3) is 10.9 Å². The van der Waals surface area contributed by atoms with Crippen molar-refractivity contribution >= 4 is 39.8 Å². The molecule has 0 spiro atoms. The molecule has 0 radical (unpaired) electrons. The average Bonchev–Trinajstić information content (AvgIpc) is 2.73. The molecule has 1 aromatic heterocycles. The molecule has 0 aliphatic carbocycles. The first-order valence-corrected chi connectivity index (χ1v) is 9.63. The van der Waals surface area contributed by atoms with Gasteiger partial charge in [-0.1, -0.05) is 29.8 Å². The second-order valence-corrected chi connectivity index (χ2v) is 7.37. The van der Waals surface area contributed by atoms with Gasteiger partial charge in [0.1, 0.15) is 6.07 Å². The molecule has 1 saturated heterocycles.